The summed E-state index contributed by atoms with van der Waals surface area (Å²) in [5.74, 6) is -0.461. The molecule has 0 bridgehead atoms. The molecule has 0 aromatic heterocycles. The van der Waals surface area contributed by atoms with Crippen LogP contribution in [0.2, 0.25) is 0 Å². The lowest BCUT2D eigenvalue weighted by molar-refractivity contribution is -0.112. The number of nitrogens with zero attached hydrogens (tertiary/aromatic N) is 1. The average molecular weight is 461 g/mol. The molecule has 0 atom stereocenters. The maximum atomic E-state index is 13.8. The Morgan fingerprint density at radius 1 is 0.939 bits per heavy atom. The van der Waals surface area contributed by atoms with Gasteiger partial charge in [-0.2, -0.15) is 0 Å². The Hall–Kier alpha value is -3.38. The molecule has 6 heteroatoms. The van der Waals surface area contributed by atoms with Gasteiger partial charge in [0.25, 0.3) is 15.9 Å². The van der Waals surface area contributed by atoms with Crippen molar-refractivity contribution in [3.63, 3.8) is 0 Å². The lowest BCUT2D eigenvalue weighted by Gasteiger charge is -2.33. The molecule has 0 spiro atoms. The molecule has 1 N–H and O–H groups in total. The number of hydrogen-bond acceptors (Lipinski definition) is 3. The number of para-hydroxylation sites is 2. The monoisotopic (exact) mass is 460 g/mol. The Kier molecular flexibility index (Phi) is 6.13. The maximum absolute atomic E-state index is 13.8. The summed E-state index contributed by atoms with van der Waals surface area (Å²) in [6.07, 6.45) is 0. The molecule has 4 rings (SSSR count). The van der Waals surface area contributed by atoms with Crippen LogP contribution in [0.5, 0.6) is 0 Å². The number of benzene rings is 3. The van der Waals surface area contributed by atoms with E-state index in [4.69, 9.17) is 0 Å². The molecule has 0 unspecified atom stereocenters. The Balaban J connectivity index is 1.99. The van der Waals surface area contributed by atoms with Crippen LogP contribution in [0.1, 0.15) is 48.9 Å². The van der Waals surface area contributed by atoms with Gasteiger partial charge in [-0.25, -0.2) is 8.42 Å². The topological polar surface area (TPSA) is 66.5 Å². The number of carbonyl (C=O) groups is 1. The van der Waals surface area contributed by atoms with E-state index in [2.05, 4.69) is 5.32 Å². The van der Waals surface area contributed by atoms with E-state index in [0.717, 1.165) is 16.7 Å². The summed E-state index contributed by atoms with van der Waals surface area (Å²) >= 11 is 0. The highest BCUT2D eigenvalue weighted by atomic mass is 32.2. The van der Waals surface area contributed by atoms with Gasteiger partial charge in [0.15, 0.2) is 4.91 Å². The lowest BCUT2D eigenvalue weighted by Crippen LogP contribution is -2.39. The summed E-state index contributed by atoms with van der Waals surface area (Å²) in [6, 6.07) is 22.4. The van der Waals surface area contributed by atoms with Crippen molar-refractivity contribution >= 4 is 32.9 Å². The minimum atomic E-state index is -4.09. The van der Waals surface area contributed by atoms with Crippen molar-refractivity contribution in [2.75, 3.05) is 16.2 Å². The SMILES string of the molecule is CCN1c2ccccc2C(c2ccccc2)=C(C(=O)Nc2c(C)cccc2C(C)C)S1(=O)=O. The molecule has 0 fully saturated rings. The summed E-state index contributed by atoms with van der Waals surface area (Å²) < 4.78 is 29.0. The molecule has 3 aromatic rings. The summed E-state index contributed by atoms with van der Waals surface area (Å²) in [7, 11) is -4.09. The molecular weight excluding hydrogens is 432 g/mol. The van der Waals surface area contributed by atoms with Crippen molar-refractivity contribution in [1.29, 1.82) is 0 Å². The molecule has 0 radical (unpaired) electrons. The number of nitrogens with one attached hydrogen (secondary N) is 1. The first-order valence-electron chi connectivity index (χ1n) is 11.1. The van der Waals surface area contributed by atoms with E-state index in [-0.39, 0.29) is 17.4 Å². The van der Waals surface area contributed by atoms with Crippen LogP contribution in [0.3, 0.4) is 0 Å². The second-order valence-electron chi connectivity index (χ2n) is 8.41. The zero-order valence-corrected chi connectivity index (χ0v) is 20.1. The number of amides is 1. The third kappa shape index (κ3) is 3.95. The smallest absolute Gasteiger partial charge is 0.270 e. The quantitative estimate of drug-likeness (QED) is 0.532. The van der Waals surface area contributed by atoms with Gasteiger partial charge in [-0.15, -0.1) is 0 Å². The van der Waals surface area contributed by atoms with Crippen LogP contribution >= 0.6 is 0 Å². The Labute approximate surface area is 195 Å². The van der Waals surface area contributed by atoms with Crippen LogP contribution in [0.4, 0.5) is 11.4 Å². The fourth-order valence-electron chi connectivity index (χ4n) is 4.37. The molecule has 1 aliphatic heterocycles. The summed E-state index contributed by atoms with van der Waals surface area (Å²) in [4.78, 5) is 13.6. The van der Waals surface area contributed by atoms with Gasteiger partial charge >= 0.3 is 0 Å². The van der Waals surface area contributed by atoms with Gasteiger partial charge < -0.3 is 5.32 Å². The molecule has 1 aliphatic rings. The van der Waals surface area contributed by atoms with Gasteiger partial charge in [0, 0.05) is 23.4 Å². The van der Waals surface area contributed by atoms with E-state index >= 15 is 0 Å². The van der Waals surface area contributed by atoms with Crippen molar-refractivity contribution in [2.24, 2.45) is 0 Å². The van der Waals surface area contributed by atoms with Crippen LogP contribution < -0.4 is 9.62 Å². The molecular formula is C27H28N2O3S. The number of fused-ring (bicyclic) bond motifs is 1. The standard InChI is InChI=1S/C27H28N2O3S/c1-5-29-23-17-10-9-15-22(23)24(20-13-7-6-8-14-20)26(33(29,31)32)27(30)28-25-19(4)12-11-16-21(25)18(2)3/h6-18H,5H2,1-4H3,(H,28,30). The number of carbonyl (C=O) groups excluding carboxylic acids is 1. The highest BCUT2D eigenvalue weighted by molar-refractivity contribution is 7.97. The van der Waals surface area contributed by atoms with Crippen molar-refractivity contribution < 1.29 is 13.2 Å². The number of rotatable bonds is 5. The fraction of sp³-hybridized carbons (Fsp3) is 0.222. The molecule has 1 amide bonds. The highest BCUT2D eigenvalue weighted by Gasteiger charge is 2.40. The molecule has 0 aliphatic carbocycles. The number of anilines is 2. The molecule has 170 valence electrons. The zero-order chi connectivity index (χ0) is 23.8. The van der Waals surface area contributed by atoms with Crippen LogP contribution in [0.25, 0.3) is 5.57 Å². The summed E-state index contributed by atoms with van der Waals surface area (Å²) in [5, 5.41) is 2.96. The third-order valence-electron chi connectivity index (χ3n) is 5.94. The first-order chi connectivity index (χ1) is 15.8. The van der Waals surface area contributed by atoms with Gasteiger partial charge in [0.1, 0.15) is 0 Å². The van der Waals surface area contributed by atoms with Crippen molar-refractivity contribution in [2.45, 2.75) is 33.6 Å². The van der Waals surface area contributed by atoms with Crippen molar-refractivity contribution in [3.05, 3.63) is 100.0 Å². The normalized spacial score (nSPS) is 14.9. The second-order valence-corrected chi connectivity index (χ2v) is 10.2. The average Bonchev–Trinajstić information content (AvgIpc) is 2.79. The highest BCUT2D eigenvalue weighted by Crippen LogP contribution is 2.43. The predicted molar refractivity (Wildman–Crippen MR) is 135 cm³/mol. The fourth-order valence-corrected chi connectivity index (χ4v) is 6.12. The van der Waals surface area contributed by atoms with Crippen LogP contribution in [0.15, 0.2) is 77.7 Å². The number of hydrogen-bond donors (Lipinski definition) is 1. The maximum Gasteiger partial charge on any atom is 0.270 e. The second kappa shape index (κ2) is 8.87. The first-order valence-corrected chi connectivity index (χ1v) is 12.5. The zero-order valence-electron chi connectivity index (χ0n) is 19.3. The third-order valence-corrected chi connectivity index (χ3v) is 7.88. The summed E-state index contributed by atoms with van der Waals surface area (Å²) in [5.41, 5.74) is 4.92. The minimum absolute atomic E-state index is 0.165. The number of sulfonamides is 1. The molecule has 5 nitrogen and oxygen atoms in total. The van der Waals surface area contributed by atoms with E-state index < -0.39 is 15.9 Å². The molecule has 0 saturated carbocycles. The predicted octanol–water partition coefficient (Wildman–Crippen LogP) is 5.69. The van der Waals surface area contributed by atoms with Gasteiger partial charge in [0.05, 0.1) is 5.69 Å². The van der Waals surface area contributed by atoms with Gasteiger partial charge in [-0.3, -0.25) is 9.10 Å². The van der Waals surface area contributed by atoms with Gasteiger partial charge in [-0.1, -0.05) is 80.6 Å². The molecule has 1 heterocycles. The Morgan fingerprint density at radius 2 is 1.61 bits per heavy atom. The van der Waals surface area contributed by atoms with E-state index in [1.54, 1.807) is 13.0 Å². The van der Waals surface area contributed by atoms with Crippen LogP contribution in [0, 0.1) is 6.92 Å². The number of aryl methyl sites for hydroxylation is 1. The Morgan fingerprint density at radius 3 is 2.27 bits per heavy atom. The lowest BCUT2D eigenvalue weighted by atomic mass is 9.95. The van der Waals surface area contributed by atoms with E-state index in [1.165, 1.54) is 4.31 Å². The molecule has 3 aromatic carbocycles. The van der Waals surface area contributed by atoms with Crippen LogP contribution in [-0.4, -0.2) is 20.9 Å². The van der Waals surface area contributed by atoms with E-state index in [1.807, 2.05) is 87.5 Å². The molecule has 33 heavy (non-hydrogen) atoms. The van der Waals surface area contributed by atoms with Gasteiger partial charge in [-0.05, 0) is 42.5 Å². The summed E-state index contributed by atoms with van der Waals surface area (Å²) in [6.45, 7) is 8.00. The Bertz CT molecular complexity index is 1340. The minimum Gasteiger partial charge on any atom is -0.321 e. The van der Waals surface area contributed by atoms with E-state index in [9.17, 15) is 13.2 Å². The van der Waals surface area contributed by atoms with Crippen molar-refractivity contribution in [1.82, 2.24) is 0 Å². The van der Waals surface area contributed by atoms with Crippen LogP contribution in [-0.2, 0) is 14.8 Å². The van der Waals surface area contributed by atoms with E-state index in [0.29, 0.717) is 22.5 Å². The molecule has 0 saturated heterocycles. The van der Waals surface area contributed by atoms with Gasteiger partial charge in [0.2, 0.25) is 0 Å². The van der Waals surface area contributed by atoms with Crippen molar-refractivity contribution in [3.8, 4) is 0 Å². The first kappa shape index (κ1) is 22.8. The largest absolute Gasteiger partial charge is 0.321 e.